The highest BCUT2D eigenvalue weighted by Crippen LogP contribution is 2.17. The molecule has 0 saturated heterocycles. The van der Waals surface area contributed by atoms with Crippen LogP contribution < -0.4 is 14.8 Å². The smallest absolute Gasteiger partial charge is 0.291 e. The molecule has 0 bridgehead atoms. The maximum Gasteiger partial charge on any atom is 0.291 e. The summed E-state index contributed by atoms with van der Waals surface area (Å²) in [7, 11) is 1.59. The van der Waals surface area contributed by atoms with Gasteiger partial charge in [0, 0.05) is 13.2 Å². The Morgan fingerprint density at radius 2 is 1.89 bits per heavy atom. The van der Waals surface area contributed by atoms with Gasteiger partial charge in [-0.2, -0.15) is 0 Å². The molecule has 0 unspecified atom stereocenters. The predicted molar refractivity (Wildman–Crippen MR) is 99.0 cm³/mol. The molecule has 2 heterocycles. The van der Waals surface area contributed by atoms with E-state index in [1.54, 1.807) is 31.4 Å². The molecule has 0 atom stereocenters. The molecule has 0 aliphatic heterocycles. The zero-order valence-electron chi connectivity index (χ0n) is 15.2. The number of carbonyl (C=O) groups is 1. The molecule has 0 fully saturated rings. The summed E-state index contributed by atoms with van der Waals surface area (Å²) in [6, 6.07) is 12.2. The monoisotopic (exact) mass is 386 g/mol. The molecular weight excluding hydrogens is 367 g/mol. The van der Waals surface area contributed by atoms with Gasteiger partial charge in [0.15, 0.2) is 5.76 Å². The molecule has 0 aliphatic carbocycles. The molecule has 1 aromatic carbocycles. The number of halogens is 1. The molecule has 0 spiro atoms. The maximum atomic E-state index is 12.9. The molecule has 1 amide bonds. The van der Waals surface area contributed by atoms with Gasteiger partial charge in [-0.3, -0.25) is 4.79 Å². The van der Waals surface area contributed by atoms with E-state index < -0.39 is 5.91 Å². The van der Waals surface area contributed by atoms with Gasteiger partial charge in [-0.25, -0.2) is 9.37 Å². The molecule has 28 heavy (non-hydrogen) atoms. The molecule has 8 heteroatoms. The second kappa shape index (κ2) is 9.52. The van der Waals surface area contributed by atoms with Crippen LogP contribution in [-0.2, 0) is 11.3 Å². The van der Waals surface area contributed by atoms with Gasteiger partial charge < -0.3 is 23.9 Å². The molecule has 146 valence electrons. The largest absolute Gasteiger partial charge is 0.486 e. The number of anilines is 1. The van der Waals surface area contributed by atoms with Gasteiger partial charge in [-0.15, -0.1) is 0 Å². The Labute approximate surface area is 161 Å². The lowest BCUT2D eigenvalue weighted by atomic mass is 10.3. The molecule has 1 N–H and O–H groups in total. The van der Waals surface area contributed by atoms with Crippen molar-refractivity contribution in [2.45, 2.75) is 6.61 Å². The molecule has 3 aromatic rings. The van der Waals surface area contributed by atoms with E-state index in [2.05, 4.69) is 10.3 Å². The average molecular weight is 386 g/mol. The Kier molecular flexibility index (Phi) is 6.59. The third kappa shape index (κ3) is 5.55. The second-order valence-electron chi connectivity index (χ2n) is 5.69. The summed E-state index contributed by atoms with van der Waals surface area (Å²) >= 11 is 0. The number of carbonyl (C=O) groups excluding carboxylic acids is 1. The Hall–Kier alpha value is -3.39. The van der Waals surface area contributed by atoms with Crippen LogP contribution in [0.15, 0.2) is 59.1 Å². The van der Waals surface area contributed by atoms with E-state index in [0.29, 0.717) is 36.3 Å². The summed E-state index contributed by atoms with van der Waals surface area (Å²) in [6.07, 6.45) is 1.49. The number of pyridine rings is 1. The summed E-state index contributed by atoms with van der Waals surface area (Å²) in [5.74, 6) is 0.792. The van der Waals surface area contributed by atoms with E-state index in [9.17, 15) is 9.18 Å². The number of nitrogens with one attached hydrogen (secondary N) is 1. The minimum absolute atomic E-state index is 0.119. The van der Waals surface area contributed by atoms with Crippen LogP contribution in [-0.4, -0.2) is 31.2 Å². The fourth-order valence-electron chi connectivity index (χ4n) is 2.22. The number of methoxy groups -OCH3 is 1. The maximum absolute atomic E-state index is 12.9. The summed E-state index contributed by atoms with van der Waals surface area (Å²) < 4.78 is 34.1. The van der Waals surface area contributed by atoms with Gasteiger partial charge in [0.1, 0.15) is 30.5 Å². The number of aromatic nitrogens is 1. The first kappa shape index (κ1) is 19.4. The standard InChI is InChI=1S/C20H19FN2O5/c1-25-10-11-26-19-9-4-15(12-22-19)23-20(24)18-8-7-17(28-18)13-27-16-5-2-14(21)3-6-16/h2-9,12H,10-11,13H2,1H3,(H,23,24). The second-order valence-corrected chi connectivity index (χ2v) is 5.69. The van der Waals surface area contributed by atoms with Crippen molar-refractivity contribution in [1.82, 2.24) is 4.98 Å². The summed E-state index contributed by atoms with van der Waals surface area (Å²) in [5, 5.41) is 2.69. The van der Waals surface area contributed by atoms with Crippen LogP contribution in [0.3, 0.4) is 0 Å². The van der Waals surface area contributed by atoms with Crippen molar-refractivity contribution in [3.05, 3.63) is 72.1 Å². The fraction of sp³-hybridized carbons (Fsp3) is 0.200. The van der Waals surface area contributed by atoms with Crippen LogP contribution in [0.2, 0.25) is 0 Å². The first-order chi connectivity index (χ1) is 13.6. The van der Waals surface area contributed by atoms with Crippen molar-refractivity contribution in [2.75, 3.05) is 25.6 Å². The number of amides is 1. The number of benzene rings is 1. The van der Waals surface area contributed by atoms with Crippen LogP contribution in [0.25, 0.3) is 0 Å². The summed E-state index contributed by atoms with van der Waals surface area (Å²) in [4.78, 5) is 16.4. The Morgan fingerprint density at radius 3 is 2.61 bits per heavy atom. The van der Waals surface area contributed by atoms with Gasteiger partial charge in [-0.1, -0.05) is 0 Å². The van der Waals surface area contributed by atoms with Crippen molar-refractivity contribution in [3.63, 3.8) is 0 Å². The van der Waals surface area contributed by atoms with Gasteiger partial charge in [0.05, 0.1) is 18.5 Å². The topological polar surface area (TPSA) is 82.8 Å². The van der Waals surface area contributed by atoms with Crippen LogP contribution in [0.4, 0.5) is 10.1 Å². The molecule has 0 saturated carbocycles. The highest BCUT2D eigenvalue weighted by atomic mass is 19.1. The van der Waals surface area contributed by atoms with Crippen molar-refractivity contribution in [3.8, 4) is 11.6 Å². The van der Waals surface area contributed by atoms with E-state index in [1.807, 2.05) is 0 Å². The van der Waals surface area contributed by atoms with Crippen LogP contribution in [0.1, 0.15) is 16.3 Å². The number of hydrogen-bond acceptors (Lipinski definition) is 6. The number of hydrogen-bond donors (Lipinski definition) is 1. The number of nitrogens with zero attached hydrogens (tertiary/aromatic N) is 1. The first-order valence-corrected chi connectivity index (χ1v) is 8.50. The number of furan rings is 1. The van der Waals surface area contributed by atoms with Gasteiger partial charge in [0.25, 0.3) is 5.91 Å². The summed E-state index contributed by atoms with van der Waals surface area (Å²) in [5.41, 5.74) is 0.504. The van der Waals surface area contributed by atoms with E-state index in [0.717, 1.165) is 0 Å². The quantitative estimate of drug-likeness (QED) is 0.565. The van der Waals surface area contributed by atoms with Gasteiger partial charge in [-0.05, 0) is 42.5 Å². The first-order valence-electron chi connectivity index (χ1n) is 8.50. The SMILES string of the molecule is COCCOc1ccc(NC(=O)c2ccc(COc3ccc(F)cc3)o2)cn1. The van der Waals surface area contributed by atoms with Crippen molar-refractivity contribution in [1.29, 1.82) is 0 Å². The van der Waals surface area contributed by atoms with Crippen molar-refractivity contribution in [2.24, 2.45) is 0 Å². The average Bonchev–Trinajstić information content (AvgIpc) is 3.18. The van der Waals surface area contributed by atoms with Crippen LogP contribution >= 0.6 is 0 Å². The lowest BCUT2D eigenvalue weighted by molar-refractivity contribution is 0.0992. The zero-order chi connectivity index (χ0) is 19.8. The number of rotatable bonds is 9. The fourth-order valence-corrected chi connectivity index (χ4v) is 2.22. The molecular formula is C20H19FN2O5. The minimum atomic E-state index is -0.414. The van der Waals surface area contributed by atoms with E-state index >= 15 is 0 Å². The molecule has 0 radical (unpaired) electrons. The Balaban J connectivity index is 1.51. The third-order valence-electron chi connectivity index (χ3n) is 3.61. The van der Waals surface area contributed by atoms with Crippen molar-refractivity contribution < 1.29 is 27.8 Å². The predicted octanol–water partition coefficient (Wildman–Crippen LogP) is 3.67. The highest BCUT2D eigenvalue weighted by molar-refractivity contribution is 6.02. The molecule has 0 aliphatic rings. The minimum Gasteiger partial charge on any atom is -0.486 e. The van der Waals surface area contributed by atoms with Crippen molar-refractivity contribution >= 4 is 11.6 Å². The lowest BCUT2D eigenvalue weighted by Crippen LogP contribution is -2.11. The Morgan fingerprint density at radius 1 is 1.07 bits per heavy atom. The van der Waals surface area contributed by atoms with Gasteiger partial charge >= 0.3 is 0 Å². The van der Waals surface area contributed by atoms with Crippen LogP contribution in [0, 0.1) is 5.82 Å². The lowest BCUT2D eigenvalue weighted by Gasteiger charge is -2.06. The van der Waals surface area contributed by atoms with E-state index in [1.165, 1.54) is 30.5 Å². The van der Waals surface area contributed by atoms with Gasteiger partial charge in [0.2, 0.25) is 5.88 Å². The Bertz CT molecular complexity index is 894. The van der Waals surface area contributed by atoms with E-state index in [-0.39, 0.29) is 18.2 Å². The third-order valence-corrected chi connectivity index (χ3v) is 3.61. The normalized spacial score (nSPS) is 10.5. The molecule has 7 nitrogen and oxygen atoms in total. The highest BCUT2D eigenvalue weighted by Gasteiger charge is 2.12. The van der Waals surface area contributed by atoms with Crippen LogP contribution in [0.5, 0.6) is 11.6 Å². The summed E-state index contributed by atoms with van der Waals surface area (Å²) in [6.45, 7) is 0.976. The molecule has 2 aromatic heterocycles. The van der Waals surface area contributed by atoms with E-state index in [4.69, 9.17) is 18.6 Å². The number of ether oxygens (including phenoxy) is 3. The zero-order valence-corrected chi connectivity index (χ0v) is 15.2. The molecule has 3 rings (SSSR count).